The van der Waals surface area contributed by atoms with Crippen LogP contribution in [0, 0.1) is 0 Å². The number of rotatable bonds is 4. The molecule has 88 valence electrons. The maximum atomic E-state index is 10.7. The molecule has 0 aliphatic rings. The van der Waals surface area contributed by atoms with E-state index in [1.54, 1.807) is 6.07 Å². The Morgan fingerprint density at radius 3 is 2.62 bits per heavy atom. The normalized spacial score (nSPS) is 12.2. The van der Waals surface area contributed by atoms with Crippen molar-refractivity contribution in [3.05, 3.63) is 26.7 Å². The fraction of sp³-hybridized carbons (Fsp3) is 0.222. The highest BCUT2D eigenvalue weighted by Crippen LogP contribution is 2.33. The molecule has 1 aromatic rings. The Labute approximate surface area is 111 Å². The van der Waals surface area contributed by atoms with Crippen LogP contribution in [0.2, 0.25) is 10.0 Å². The van der Waals surface area contributed by atoms with Gasteiger partial charge in [-0.15, -0.1) is 0 Å². The molecule has 0 heterocycles. The second kappa shape index (κ2) is 5.72. The van der Waals surface area contributed by atoms with Crippen LogP contribution in [-0.2, 0) is 4.79 Å². The molecule has 0 aromatic heterocycles. The van der Waals surface area contributed by atoms with Crippen molar-refractivity contribution in [3.8, 4) is 5.75 Å². The number of carbonyl (C=O) groups excluding carboxylic acids is 1. The third-order valence-corrected chi connectivity index (χ3v) is 3.25. The van der Waals surface area contributed by atoms with Gasteiger partial charge in [0.25, 0.3) is 0 Å². The van der Waals surface area contributed by atoms with Crippen LogP contribution >= 0.6 is 39.1 Å². The number of amides is 1. The van der Waals surface area contributed by atoms with Crippen LogP contribution in [-0.4, -0.2) is 18.6 Å². The fourth-order valence-electron chi connectivity index (χ4n) is 0.877. The average Bonchev–Trinajstić information content (AvgIpc) is 2.20. The number of ether oxygens (including phenoxy) is 1. The van der Waals surface area contributed by atoms with Crippen molar-refractivity contribution < 1.29 is 9.53 Å². The standard InChI is InChI=1S/C9H9BrCl2N2O2/c10-4-1-6(12)8(2-5(4)11)16-3-7(13)9(14)15/h1-2,7H,3,13H2,(H2,14,15). The zero-order valence-electron chi connectivity index (χ0n) is 8.04. The van der Waals surface area contributed by atoms with Crippen LogP contribution in [0.15, 0.2) is 16.6 Å². The van der Waals surface area contributed by atoms with E-state index < -0.39 is 11.9 Å². The molecule has 1 unspecified atom stereocenters. The van der Waals surface area contributed by atoms with Gasteiger partial charge >= 0.3 is 0 Å². The lowest BCUT2D eigenvalue weighted by Gasteiger charge is -2.12. The summed E-state index contributed by atoms with van der Waals surface area (Å²) in [7, 11) is 0. The molecule has 1 aromatic carbocycles. The van der Waals surface area contributed by atoms with Gasteiger partial charge < -0.3 is 16.2 Å². The van der Waals surface area contributed by atoms with Crippen LogP contribution in [0.25, 0.3) is 0 Å². The highest BCUT2D eigenvalue weighted by Gasteiger charge is 2.12. The third kappa shape index (κ3) is 3.52. The number of hydrogen-bond acceptors (Lipinski definition) is 3. The minimum absolute atomic E-state index is 0.0486. The van der Waals surface area contributed by atoms with Crippen molar-refractivity contribution in [1.82, 2.24) is 0 Å². The summed E-state index contributed by atoms with van der Waals surface area (Å²) in [6, 6.07) is 2.25. The van der Waals surface area contributed by atoms with Crippen molar-refractivity contribution >= 4 is 45.0 Å². The lowest BCUT2D eigenvalue weighted by atomic mass is 10.3. The molecule has 0 aliphatic carbocycles. The predicted molar refractivity (Wildman–Crippen MR) is 66.8 cm³/mol. The highest BCUT2D eigenvalue weighted by molar-refractivity contribution is 9.10. The molecule has 0 saturated carbocycles. The van der Waals surface area contributed by atoms with E-state index >= 15 is 0 Å². The minimum Gasteiger partial charge on any atom is -0.490 e. The topological polar surface area (TPSA) is 78.3 Å². The summed E-state index contributed by atoms with van der Waals surface area (Å²) in [5.74, 6) is -0.286. The van der Waals surface area contributed by atoms with Gasteiger partial charge in [-0.2, -0.15) is 0 Å². The zero-order valence-corrected chi connectivity index (χ0v) is 11.1. The third-order valence-electron chi connectivity index (χ3n) is 1.76. The molecule has 0 spiro atoms. The number of carbonyl (C=O) groups is 1. The first-order valence-electron chi connectivity index (χ1n) is 4.24. The van der Waals surface area contributed by atoms with Crippen LogP contribution in [0.1, 0.15) is 0 Å². The van der Waals surface area contributed by atoms with E-state index in [1.165, 1.54) is 6.07 Å². The van der Waals surface area contributed by atoms with E-state index in [2.05, 4.69) is 15.9 Å². The average molecular weight is 328 g/mol. The van der Waals surface area contributed by atoms with E-state index in [-0.39, 0.29) is 6.61 Å². The van der Waals surface area contributed by atoms with Gasteiger partial charge in [-0.05, 0) is 22.0 Å². The predicted octanol–water partition coefficient (Wildman–Crippen LogP) is 1.95. The Bertz CT molecular complexity index is 415. The van der Waals surface area contributed by atoms with E-state index in [4.69, 9.17) is 39.4 Å². The lowest BCUT2D eigenvalue weighted by molar-refractivity contribution is -0.119. The van der Waals surface area contributed by atoms with Crippen LogP contribution in [0.5, 0.6) is 5.75 Å². The molecule has 16 heavy (non-hydrogen) atoms. The van der Waals surface area contributed by atoms with E-state index in [0.29, 0.717) is 20.3 Å². The van der Waals surface area contributed by atoms with Gasteiger partial charge in [-0.3, -0.25) is 4.79 Å². The molecule has 0 fully saturated rings. The first-order chi connectivity index (χ1) is 7.41. The van der Waals surface area contributed by atoms with Crippen LogP contribution in [0.4, 0.5) is 0 Å². The van der Waals surface area contributed by atoms with Crippen molar-refractivity contribution in [2.75, 3.05) is 6.61 Å². The molecule has 1 rings (SSSR count). The Morgan fingerprint density at radius 2 is 2.06 bits per heavy atom. The second-order valence-corrected chi connectivity index (χ2v) is 4.69. The van der Waals surface area contributed by atoms with Gasteiger partial charge in [-0.25, -0.2) is 0 Å². The molecular weight excluding hydrogens is 319 g/mol. The Hall–Kier alpha value is -0.490. The van der Waals surface area contributed by atoms with E-state index in [9.17, 15) is 4.79 Å². The number of hydrogen-bond donors (Lipinski definition) is 2. The number of nitrogens with two attached hydrogens (primary N) is 2. The first-order valence-corrected chi connectivity index (χ1v) is 5.79. The summed E-state index contributed by atoms with van der Waals surface area (Å²) in [5.41, 5.74) is 10.4. The van der Waals surface area contributed by atoms with Gasteiger partial charge in [-0.1, -0.05) is 23.2 Å². The number of primary amides is 1. The SMILES string of the molecule is NC(=O)C(N)COc1cc(Cl)c(Br)cc1Cl. The molecule has 7 heteroatoms. The molecule has 0 aliphatic heterocycles. The summed E-state index contributed by atoms with van der Waals surface area (Å²) in [6.07, 6.45) is 0. The largest absolute Gasteiger partial charge is 0.490 e. The van der Waals surface area contributed by atoms with Crippen LogP contribution in [0.3, 0.4) is 0 Å². The van der Waals surface area contributed by atoms with Gasteiger partial charge in [0, 0.05) is 10.5 Å². The lowest BCUT2D eigenvalue weighted by Crippen LogP contribution is -2.41. The summed E-state index contributed by atoms with van der Waals surface area (Å²) in [5, 5.41) is 0.819. The maximum Gasteiger partial charge on any atom is 0.237 e. The summed E-state index contributed by atoms with van der Waals surface area (Å²) in [6.45, 7) is -0.0486. The molecule has 4 N–H and O–H groups in total. The molecule has 0 radical (unpaired) electrons. The van der Waals surface area contributed by atoms with E-state index in [0.717, 1.165) is 0 Å². The molecule has 4 nitrogen and oxygen atoms in total. The zero-order chi connectivity index (χ0) is 12.3. The first kappa shape index (κ1) is 13.6. The Balaban J connectivity index is 2.74. The Kier molecular flexibility index (Phi) is 4.86. The Morgan fingerprint density at radius 1 is 1.44 bits per heavy atom. The van der Waals surface area contributed by atoms with Crippen molar-refractivity contribution in [3.63, 3.8) is 0 Å². The highest BCUT2D eigenvalue weighted by atomic mass is 79.9. The minimum atomic E-state index is -0.876. The molecule has 1 atom stereocenters. The van der Waals surface area contributed by atoms with Gasteiger partial charge in [0.1, 0.15) is 18.4 Å². The molecule has 1 amide bonds. The summed E-state index contributed by atoms with van der Waals surface area (Å²) >= 11 is 15.0. The van der Waals surface area contributed by atoms with Crippen molar-refractivity contribution in [2.45, 2.75) is 6.04 Å². The van der Waals surface area contributed by atoms with Crippen LogP contribution < -0.4 is 16.2 Å². The summed E-state index contributed by atoms with van der Waals surface area (Å²) in [4.78, 5) is 10.7. The maximum absolute atomic E-state index is 10.7. The van der Waals surface area contributed by atoms with Crippen molar-refractivity contribution in [2.24, 2.45) is 11.5 Å². The van der Waals surface area contributed by atoms with Gasteiger partial charge in [0.05, 0.1) is 10.0 Å². The van der Waals surface area contributed by atoms with Gasteiger partial charge in [0.2, 0.25) is 5.91 Å². The molecule has 0 bridgehead atoms. The molecular formula is C9H9BrCl2N2O2. The van der Waals surface area contributed by atoms with Gasteiger partial charge in [0.15, 0.2) is 0 Å². The van der Waals surface area contributed by atoms with E-state index in [1.807, 2.05) is 0 Å². The smallest absolute Gasteiger partial charge is 0.237 e. The summed E-state index contributed by atoms with van der Waals surface area (Å²) < 4.78 is 5.89. The van der Waals surface area contributed by atoms with Crippen molar-refractivity contribution in [1.29, 1.82) is 0 Å². The molecule has 0 saturated heterocycles. The fourth-order valence-corrected chi connectivity index (χ4v) is 1.72. The second-order valence-electron chi connectivity index (χ2n) is 3.02. The number of halogens is 3. The number of benzene rings is 1. The quantitative estimate of drug-likeness (QED) is 0.830. The monoisotopic (exact) mass is 326 g/mol.